The molecule has 23 heavy (non-hydrogen) atoms. The van der Waals surface area contributed by atoms with Gasteiger partial charge in [-0.2, -0.15) is 0 Å². The minimum Gasteiger partial charge on any atom is -0.461 e. The highest BCUT2D eigenvalue weighted by Crippen LogP contribution is 2.36. The summed E-state index contributed by atoms with van der Waals surface area (Å²) < 4.78 is 5.14. The van der Waals surface area contributed by atoms with Crippen LogP contribution in [-0.2, 0) is 17.6 Å². The second-order valence-electron chi connectivity index (χ2n) is 5.42. The number of carbonyl (C=O) groups is 1. The van der Waals surface area contributed by atoms with Crippen LogP contribution >= 0.6 is 23.4 Å². The number of hydrogen-bond donors (Lipinski definition) is 0. The summed E-state index contributed by atoms with van der Waals surface area (Å²) in [5.74, 6) is -0.315. The number of hydrogen-bond acceptors (Lipinski definition) is 4. The molecule has 3 rings (SSSR count). The van der Waals surface area contributed by atoms with Gasteiger partial charge in [-0.25, -0.2) is 9.78 Å². The van der Waals surface area contributed by atoms with Crippen LogP contribution in [0.5, 0.6) is 0 Å². The molecule has 0 aliphatic heterocycles. The molecule has 0 amide bonds. The van der Waals surface area contributed by atoms with E-state index in [9.17, 15) is 4.79 Å². The summed E-state index contributed by atoms with van der Waals surface area (Å²) >= 11 is 7.72. The highest BCUT2D eigenvalue weighted by atomic mass is 35.5. The molecule has 0 N–H and O–H groups in total. The number of rotatable bonds is 4. The first kappa shape index (κ1) is 16.3. The van der Waals surface area contributed by atoms with Gasteiger partial charge in [0.05, 0.1) is 6.61 Å². The van der Waals surface area contributed by atoms with E-state index in [2.05, 4.69) is 4.98 Å². The quantitative estimate of drug-likeness (QED) is 0.734. The maximum Gasteiger partial charge on any atom is 0.357 e. The number of nitrogens with zero attached hydrogens (tertiary/aromatic N) is 1. The normalized spacial score (nSPS) is 13.5. The number of ether oxygens (including phenoxy) is 1. The third kappa shape index (κ3) is 3.70. The van der Waals surface area contributed by atoms with Crippen molar-refractivity contribution in [3.63, 3.8) is 0 Å². The van der Waals surface area contributed by atoms with E-state index < -0.39 is 0 Å². The largest absolute Gasteiger partial charge is 0.461 e. The van der Waals surface area contributed by atoms with E-state index >= 15 is 0 Å². The van der Waals surface area contributed by atoms with Gasteiger partial charge in [0, 0.05) is 21.0 Å². The number of carbonyl (C=O) groups excluding carboxylic acids is 1. The van der Waals surface area contributed by atoms with Gasteiger partial charge < -0.3 is 4.74 Å². The summed E-state index contributed by atoms with van der Waals surface area (Å²) in [7, 11) is 0. The molecule has 1 aromatic carbocycles. The van der Waals surface area contributed by atoms with Crippen molar-refractivity contribution in [1.82, 2.24) is 4.98 Å². The van der Waals surface area contributed by atoms with Gasteiger partial charge in [-0.3, -0.25) is 0 Å². The van der Waals surface area contributed by atoms with Crippen molar-refractivity contribution in [2.45, 2.75) is 42.4 Å². The lowest BCUT2D eigenvalue weighted by molar-refractivity contribution is 0.0517. The van der Waals surface area contributed by atoms with Crippen molar-refractivity contribution in [2.75, 3.05) is 6.61 Å². The van der Waals surface area contributed by atoms with Gasteiger partial charge in [-0.05, 0) is 61.9 Å². The predicted molar refractivity (Wildman–Crippen MR) is 92.4 cm³/mol. The van der Waals surface area contributed by atoms with Crippen molar-refractivity contribution in [3.05, 3.63) is 52.3 Å². The van der Waals surface area contributed by atoms with E-state index in [1.165, 1.54) is 5.56 Å². The van der Waals surface area contributed by atoms with Gasteiger partial charge in [0.25, 0.3) is 0 Å². The Hall–Kier alpha value is -1.52. The molecule has 3 nitrogen and oxygen atoms in total. The third-order valence-corrected chi connectivity index (χ3v) is 5.15. The van der Waals surface area contributed by atoms with Crippen LogP contribution in [0, 0.1) is 0 Å². The Morgan fingerprint density at radius 2 is 2.09 bits per heavy atom. The zero-order valence-corrected chi connectivity index (χ0v) is 14.5. The van der Waals surface area contributed by atoms with Gasteiger partial charge in [0.15, 0.2) is 5.69 Å². The molecule has 5 heteroatoms. The third-order valence-electron chi connectivity index (χ3n) is 3.85. The lowest BCUT2D eigenvalue weighted by Crippen LogP contribution is -2.16. The van der Waals surface area contributed by atoms with E-state index in [1.807, 2.05) is 31.2 Å². The van der Waals surface area contributed by atoms with E-state index in [0.29, 0.717) is 12.3 Å². The van der Waals surface area contributed by atoms with Crippen LogP contribution in [0.25, 0.3) is 0 Å². The first-order valence-electron chi connectivity index (χ1n) is 7.80. The highest BCUT2D eigenvalue weighted by molar-refractivity contribution is 7.99. The van der Waals surface area contributed by atoms with Crippen molar-refractivity contribution < 1.29 is 9.53 Å². The predicted octanol–water partition coefficient (Wildman–Crippen LogP) is 4.94. The molecule has 2 aromatic rings. The lowest BCUT2D eigenvalue weighted by Gasteiger charge is -2.21. The lowest BCUT2D eigenvalue weighted by atomic mass is 9.91. The molecule has 1 aliphatic carbocycles. The number of fused-ring (bicyclic) bond motifs is 1. The van der Waals surface area contributed by atoms with Crippen LogP contribution in [0.4, 0.5) is 0 Å². The Morgan fingerprint density at radius 3 is 2.83 bits per heavy atom. The molecule has 1 heterocycles. The number of aromatic nitrogens is 1. The fourth-order valence-electron chi connectivity index (χ4n) is 2.84. The topological polar surface area (TPSA) is 39.2 Å². The monoisotopic (exact) mass is 347 g/mol. The van der Waals surface area contributed by atoms with Crippen LogP contribution in [0.2, 0.25) is 5.02 Å². The van der Waals surface area contributed by atoms with Gasteiger partial charge in [0.2, 0.25) is 0 Å². The molecule has 0 fully saturated rings. The smallest absolute Gasteiger partial charge is 0.357 e. The molecule has 0 atom stereocenters. The van der Waals surface area contributed by atoms with E-state index in [4.69, 9.17) is 16.3 Å². The Bertz CT molecular complexity index is 733. The van der Waals surface area contributed by atoms with Crippen LogP contribution in [0.1, 0.15) is 41.4 Å². The van der Waals surface area contributed by atoms with Crippen LogP contribution in [0.15, 0.2) is 40.3 Å². The minimum absolute atomic E-state index is 0.315. The second-order valence-corrected chi connectivity index (χ2v) is 6.97. The molecule has 0 unspecified atom stereocenters. The Morgan fingerprint density at radius 1 is 1.30 bits per heavy atom. The first-order valence-corrected chi connectivity index (χ1v) is 8.99. The molecule has 1 aromatic heterocycles. The fraction of sp³-hybridized carbons (Fsp3) is 0.333. The van der Waals surface area contributed by atoms with E-state index in [-0.39, 0.29) is 5.97 Å². The van der Waals surface area contributed by atoms with Crippen molar-refractivity contribution in [3.8, 4) is 0 Å². The van der Waals surface area contributed by atoms with Gasteiger partial charge in [0.1, 0.15) is 0 Å². The molecule has 120 valence electrons. The van der Waals surface area contributed by atoms with Gasteiger partial charge >= 0.3 is 5.97 Å². The summed E-state index contributed by atoms with van der Waals surface area (Å²) in [6.45, 7) is 2.18. The van der Waals surface area contributed by atoms with Crippen LogP contribution in [0.3, 0.4) is 0 Å². The van der Waals surface area contributed by atoms with Gasteiger partial charge in [-0.1, -0.05) is 29.4 Å². The summed E-state index contributed by atoms with van der Waals surface area (Å²) in [5.41, 5.74) is 2.78. The highest BCUT2D eigenvalue weighted by Gasteiger charge is 2.23. The molecule has 0 spiro atoms. The zero-order chi connectivity index (χ0) is 16.2. The molecule has 0 bridgehead atoms. The van der Waals surface area contributed by atoms with Gasteiger partial charge in [-0.15, -0.1) is 0 Å². The first-order chi connectivity index (χ1) is 11.2. The molecular formula is C18H18ClNO2S. The number of esters is 1. The summed E-state index contributed by atoms with van der Waals surface area (Å²) in [6.07, 6.45) is 5.89. The van der Waals surface area contributed by atoms with Crippen LogP contribution < -0.4 is 0 Å². The molecule has 1 aliphatic rings. The zero-order valence-electron chi connectivity index (χ0n) is 13.0. The summed E-state index contributed by atoms with van der Waals surface area (Å²) in [6, 6.07) is 7.78. The molecule has 0 saturated heterocycles. The fourth-order valence-corrected chi connectivity index (χ4v) is 4.13. The van der Waals surface area contributed by atoms with E-state index in [1.54, 1.807) is 18.0 Å². The number of pyridine rings is 1. The SMILES string of the molecule is CCOC(=O)c1ncc(Sc2cccc(Cl)c2)c2c1CCCC2. The second kappa shape index (κ2) is 7.37. The van der Waals surface area contributed by atoms with Crippen molar-refractivity contribution >= 4 is 29.3 Å². The number of halogens is 1. The molecule has 0 radical (unpaired) electrons. The molecular weight excluding hydrogens is 330 g/mol. The summed E-state index contributed by atoms with van der Waals surface area (Å²) in [4.78, 5) is 18.7. The number of benzene rings is 1. The minimum atomic E-state index is -0.315. The van der Waals surface area contributed by atoms with Crippen molar-refractivity contribution in [1.29, 1.82) is 0 Å². The van der Waals surface area contributed by atoms with Crippen LogP contribution in [-0.4, -0.2) is 17.6 Å². The maximum absolute atomic E-state index is 12.1. The van der Waals surface area contributed by atoms with E-state index in [0.717, 1.165) is 46.1 Å². The Kier molecular flexibility index (Phi) is 5.23. The average Bonchev–Trinajstić information content (AvgIpc) is 2.55. The van der Waals surface area contributed by atoms with Crippen molar-refractivity contribution in [2.24, 2.45) is 0 Å². The standard InChI is InChI=1S/C18H18ClNO2S/c1-2-22-18(21)17-15-9-4-3-8-14(15)16(11-20-17)23-13-7-5-6-12(19)10-13/h5-7,10-11H,2-4,8-9H2,1H3. The maximum atomic E-state index is 12.1. The average molecular weight is 348 g/mol. The Labute approximate surface area is 145 Å². The summed E-state index contributed by atoms with van der Waals surface area (Å²) in [5, 5.41) is 0.722. The Balaban J connectivity index is 1.97. The molecule has 0 saturated carbocycles.